The lowest BCUT2D eigenvalue weighted by atomic mass is 9.95. The number of hydrogen-bond acceptors (Lipinski definition) is 0. The summed E-state index contributed by atoms with van der Waals surface area (Å²) in [4.78, 5) is 0. The molecule has 1 aromatic rings. The fourth-order valence-electron chi connectivity index (χ4n) is 2.05. The minimum absolute atomic E-state index is 0.522. The molecule has 0 saturated carbocycles. The zero-order chi connectivity index (χ0) is 17.1. The highest BCUT2D eigenvalue weighted by molar-refractivity contribution is 6.31. The molecule has 0 fully saturated rings. The highest BCUT2D eigenvalue weighted by atomic mass is 35.5. The average Bonchev–Trinajstić information content (AvgIpc) is 2.50. The van der Waals surface area contributed by atoms with Gasteiger partial charge in [-0.25, -0.2) is 0 Å². The van der Waals surface area contributed by atoms with Crippen molar-refractivity contribution in [1.29, 1.82) is 0 Å². The van der Waals surface area contributed by atoms with Gasteiger partial charge in [-0.1, -0.05) is 94.6 Å². The molecule has 2 heteroatoms. The van der Waals surface area contributed by atoms with Gasteiger partial charge in [-0.3, -0.25) is 0 Å². The summed E-state index contributed by atoms with van der Waals surface area (Å²) >= 11 is 11.7. The van der Waals surface area contributed by atoms with E-state index >= 15 is 0 Å². The van der Waals surface area contributed by atoms with Gasteiger partial charge in [-0.15, -0.1) is 0 Å². The highest BCUT2D eigenvalue weighted by Gasteiger charge is 2.06. The van der Waals surface area contributed by atoms with Gasteiger partial charge in [-0.05, 0) is 42.4 Å². The largest absolute Gasteiger partial charge is 0.0891 e. The van der Waals surface area contributed by atoms with Gasteiger partial charge in [0.2, 0.25) is 0 Å². The number of rotatable bonds is 2. The third kappa shape index (κ3) is 8.06. The van der Waals surface area contributed by atoms with Crippen molar-refractivity contribution in [2.75, 3.05) is 0 Å². The summed E-state index contributed by atoms with van der Waals surface area (Å²) in [6.45, 7) is 12.7. The van der Waals surface area contributed by atoms with Crippen molar-refractivity contribution < 1.29 is 0 Å². The molecule has 0 heterocycles. The van der Waals surface area contributed by atoms with Gasteiger partial charge in [0.1, 0.15) is 0 Å². The second kappa shape index (κ2) is 11.8. The van der Waals surface area contributed by atoms with E-state index in [2.05, 4.69) is 39.8 Å². The summed E-state index contributed by atoms with van der Waals surface area (Å²) in [6.07, 6.45) is 6.34. The van der Waals surface area contributed by atoms with Gasteiger partial charge in [-0.2, -0.15) is 0 Å². The topological polar surface area (TPSA) is 0 Å². The molecule has 1 aliphatic rings. The van der Waals surface area contributed by atoms with E-state index in [9.17, 15) is 0 Å². The van der Waals surface area contributed by atoms with Crippen LogP contribution < -0.4 is 0 Å². The van der Waals surface area contributed by atoms with Gasteiger partial charge in [0.25, 0.3) is 0 Å². The molecule has 2 rings (SSSR count). The third-order valence-electron chi connectivity index (χ3n) is 3.40. The van der Waals surface area contributed by atoms with Gasteiger partial charge in [0, 0.05) is 10.1 Å². The maximum absolute atomic E-state index is 5.92. The molecule has 0 N–H and O–H groups in total. The van der Waals surface area contributed by atoms with E-state index in [0.29, 0.717) is 11.8 Å². The van der Waals surface area contributed by atoms with Crippen molar-refractivity contribution in [3.05, 3.63) is 57.6 Å². The monoisotopic (exact) mass is 340 g/mol. The maximum atomic E-state index is 5.92. The first-order valence-corrected chi connectivity index (χ1v) is 8.97. The second-order valence-electron chi connectivity index (χ2n) is 5.69. The zero-order valence-corrected chi connectivity index (χ0v) is 16.3. The Morgan fingerprint density at radius 3 is 1.77 bits per heavy atom. The summed E-state index contributed by atoms with van der Waals surface area (Å²) in [5, 5.41) is 1.86. The molecule has 0 atom stereocenters. The number of allylic oxidation sites excluding steroid dienone is 4. The quantitative estimate of drug-likeness (QED) is 0.511. The van der Waals surface area contributed by atoms with Crippen LogP contribution in [0.3, 0.4) is 0 Å². The van der Waals surface area contributed by atoms with Crippen molar-refractivity contribution in [1.82, 2.24) is 0 Å². The molecule has 22 heavy (non-hydrogen) atoms. The van der Waals surface area contributed by atoms with Crippen LogP contribution in [0.2, 0.25) is 5.02 Å². The summed E-state index contributed by atoms with van der Waals surface area (Å²) < 4.78 is 0. The lowest BCUT2D eigenvalue weighted by molar-refractivity contribution is 0.707. The van der Waals surface area contributed by atoms with Crippen LogP contribution in [0, 0.1) is 5.92 Å². The summed E-state index contributed by atoms with van der Waals surface area (Å²) in [5.74, 6) is 1.20. The van der Waals surface area contributed by atoms with E-state index < -0.39 is 0 Å². The summed E-state index contributed by atoms with van der Waals surface area (Å²) in [5.41, 5.74) is 2.74. The second-order valence-corrected chi connectivity index (χ2v) is 6.58. The van der Waals surface area contributed by atoms with Crippen molar-refractivity contribution in [2.45, 2.75) is 60.3 Å². The molecule has 0 unspecified atom stereocenters. The van der Waals surface area contributed by atoms with Crippen LogP contribution in [0.1, 0.15) is 65.9 Å². The number of benzene rings is 1. The minimum Gasteiger partial charge on any atom is -0.0891 e. The normalized spacial score (nSPS) is 13.5. The van der Waals surface area contributed by atoms with Crippen LogP contribution in [0.25, 0.3) is 0 Å². The minimum atomic E-state index is 0.522. The Bertz CT molecular complexity index is 482. The molecule has 1 aromatic carbocycles. The Kier molecular flexibility index (Phi) is 11.4. The highest BCUT2D eigenvalue weighted by Crippen LogP contribution is 2.25. The predicted octanol–water partition coefficient (Wildman–Crippen LogP) is 7.97. The van der Waals surface area contributed by atoms with Crippen molar-refractivity contribution in [3.63, 3.8) is 0 Å². The average molecular weight is 341 g/mol. The molecule has 1 aliphatic carbocycles. The van der Waals surface area contributed by atoms with Crippen LogP contribution in [0.15, 0.2) is 47.0 Å². The van der Waals surface area contributed by atoms with Crippen LogP contribution in [0.5, 0.6) is 0 Å². The standard InChI is InChI=1S/C9H13Cl.C9H11Cl.C2H6/c1-7(2)8-3-5-9(10)6-4-8;1-7(2)8-5-3-4-6-9(8)10;1-2/h3,5,7H,4,6H2,1-2H3;3-7H,1-2H3;1-2H3. The fraction of sp³-hybridized carbons (Fsp3) is 0.500. The van der Waals surface area contributed by atoms with Crippen LogP contribution >= 0.6 is 23.2 Å². The Labute approximate surface area is 147 Å². The summed E-state index contributed by atoms with van der Waals surface area (Å²) in [7, 11) is 0. The zero-order valence-electron chi connectivity index (χ0n) is 14.8. The molecule has 0 saturated heterocycles. The third-order valence-corrected chi connectivity index (χ3v) is 4.06. The number of halogens is 2. The molecular weight excluding hydrogens is 311 g/mol. The molecular formula is C20H30Cl2. The van der Waals surface area contributed by atoms with E-state index in [4.69, 9.17) is 23.2 Å². The molecule has 0 aliphatic heterocycles. The first-order chi connectivity index (χ1) is 10.4. The lowest BCUT2D eigenvalue weighted by Gasteiger charge is -2.13. The number of hydrogen-bond donors (Lipinski definition) is 0. The van der Waals surface area contributed by atoms with E-state index in [1.54, 1.807) is 0 Å². The molecule has 0 aromatic heterocycles. The molecule has 0 bridgehead atoms. The van der Waals surface area contributed by atoms with Crippen LogP contribution in [0.4, 0.5) is 0 Å². The molecule has 0 nitrogen and oxygen atoms in total. The SMILES string of the molecule is CC.CC(C)C1=CC=C(Cl)CC1.CC(C)c1ccccc1Cl. The fourth-order valence-corrected chi connectivity index (χ4v) is 2.56. The van der Waals surface area contributed by atoms with E-state index in [1.165, 1.54) is 11.1 Å². The predicted molar refractivity (Wildman–Crippen MR) is 103 cm³/mol. The van der Waals surface area contributed by atoms with Crippen molar-refractivity contribution in [2.24, 2.45) is 5.92 Å². The Hall–Kier alpha value is -0.720. The Balaban J connectivity index is 0.000000360. The molecule has 0 spiro atoms. The van der Waals surface area contributed by atoms with Gasteiger partial charge in [0.15, 0.2) is 0 Å². The maximum Gasteiger partial charge on any atom is 0.0440 e. The van der Waals surface area contributed by atoms with Crippen LogP contribution in [-0.2, 0) is 0 Å². The van der Waals surface area contributed by atoms with E-state index in [1.807, 2.05) is 38.1 Å². The Morgan fingerprint density at radius 2 is 1.41 bits per heavy atom. The molecule has 0 radical (unpaired) electrons. The Morgan fingerprint density at radius 1 is 0.818 bits per heavy atom. The lowest BCUT2D eigenvalue weighted by Crippen LogP contribution is -1.96. The molecule has 124 valence electrons. The van der Waals surface area contributed by atoms with Gasteiger partial charge >= 0.3 is 0 Å². The van der Waals surface area contributed by atoms with E-state index in [0.717, 1.165) is 22.9 Å². The van der Waals surface area contributed by atoms with Gasteiger partial charge < -0.3 is 0 Å². The van der Waals surface area contributed by atoms with Gasteiger partial charge in [0.05, 0.1) is 0 Å². The van der Waals surface area contributed by atoms with Crippen LogP contribution in [-0.4, -0.2) is 0 Å². The molecule has 0 amide bonds. The summed E-state index contributed by atoms with van der Waals surface area (Å²) in [6, 6.07) is 7.96. The first-order valence-electron chi connectivity index (χ1n) is 8.21. The van der Waals surface area contributed by atoms with Crippen molar-refractivity contribution >= 4 is 23.2 Å². The smallest absolute Gasteiger partial charge is 0.0440 e. The first kappa shape index (κ1) is 21.3. The van der Waals surface area contributed by atoms with Crippen molar-refractivity contribution in [3.8, 4) is 0 Å². The van der Waals surface area contributed by atoms with E-state index in [-0.39, 0.29) is 0 Å².